The van der Waals surface area contributed by atoms with E-state index in [-0.39, 0.29) is 10.8 Å². The Morgan fingerprint density at radius 3 is 2.44 bits per heavy atom. The van der Waals surface area contributed by atoms with E-state index in [2.05, 4.69) is 17.0 Å². The van der Waals surface area contributed by atoms with Crippen molar-refractivity contribution in [2.75, 3.05) is 11.3 Å². The van der Waals surface area contributed by atoms with E-state index in [0.29, 0.717) is 17.8 Å². The Kier molecular flexibility index (Phi) is 7.01. The molecule has 2 aromatic rings. The first-order valence-corrected chi connectivity index (χ1v) is 9.97. The fraction of sp³-hybridized carbons (Fsp3) is 0.316. The van der Waals surface area contributed by atoms with Crippen molar-refractivity contribution in [1.82, 2.24) is 5.32 Å². The highest BCUT2D eigenvalue weighted by Gasteiger charge is 2.14. The maximum Gasteiger partial charge on any atom is 0.261 e. The number of amides is 1. The summed E-state index contributed by atoms with van der Waals surface area (Å²) in [5.74, 6) is -0.197. The summed E-state index contributed by atoms with van der Waals surface area (Å²) >= 11 is 0. The largest absolute Gasteiger partial charge is 0.352 e. The molecule has 0 saturated heterocycles. The van der Waals surface area contributed by atoms with E-state index in [1.54, 1.807) is 42.5 Å². The van der Waals surface area contributed by atoms with Gasteiger partial charge in [-0.05, 0) is 36.8 Å². The molecular weight excluding hydrogens is 336 g/mol. The minimum absolute atomic E-state index is 0.181. The maximum absolute atomic E-state index is 12.3. The van der Waals surface area contributed by atoms with Crippen molar-refractivity contribution in [3.8, 4) is 0 Å². The summed E-state index contributed by atoms with van der Waals surface area (Å²) in [6.07, 6.45) is 4.35. The van der Waals surface area contributed by atoms with Gasteiger partial charge in [-0.2, -0.15) is 0 Å². The molecule has 6 heteroatoms. The molecule has 0 radical (unpaired) electrons. The minimum atomic E-state index is -3.66. The third-order valence-corrected chi connectivity index (χ3v) is 5.14. The van der Waals surface area contributed by atoms with E-state index >= 15 is 0 Å². The molecule has 2 rings (SSSR count). The fourth-order valence-electron chi connectivity index (χ4n) is 2.39. The number of nitrogens with one attached hydrogen (secondary N) is 2. The lowest BCUT2D eigenvalue weighted by Gasteiger charge is -2.10. The van der Waals surface area contributed by atoms with Crippen LogP contribution >= 0.6 is 0 Å². The highest BCUT2D eigenvalue weighted by atomic mass is 32.2. The van der Waals surface area contributed by atoms with Crippen molar-refractivity contribution in [3.05, 3.63) is 60.2 Å². The minimum Gasteiger partial charge on any atom is -0.352 e. The van der Waals surface area contributed by atoms with Gasteiger partial charge in [0.25, 0.3) is 15.9 Å². The number of carbonyl (C=O) groups excluding carboxylic acids is 1. The number of unbranched alkanes of at least 4 members (excludes halogenated alkanes) is 3. The molecule has 2 aromatic carbocycles. The molecule has 0 heterocycles. The number of carbonyl (C=O) groups is 1. The Balaban J connectivity index is 2.00. The molecular formula is C19H24N2O3S. The summed E-state index contributed by atoms with van der Waals surface area (Å²) in [6, 6.07) is 14.6. The van der Waals surface area contributed by atoms with Crippen LogP contribution in [-0.2, 0) is 10.0 Å². The highest BCUT2D eigenvalue weighted by Crippen LogP contribution is 2.17. The summed E-state index contributed by atoms with van der Waals surface area (Å²) in [6.45, 7) is 2.76. The van der Waals surface area contributed by atoms with E-state index in [1.807, 2.05) is 0 Å². The second-order valence-electron chi connectivity index (χ2n) is 5.82. The van der Waals surface area contributed by atoms with Gasteiger partial charge in [0.05, 0.1) is 4.90 Å². The van der Waals surface area contributed by atoms with Gasteiger partial charge in [0, 0.05) is 17.8 Å². The Labute approximate surface area is 149 Å². The van der Waals surface area contributed by atoms with Crippen molar-refractivity contribution in [2.45, 2.75) is 37.5 Å². The zero-order valence-corrected chi connectivity index (χ0v) is 15.2. The van der Waals surface area contributed by atoms with Gasteiger partial charge in [0.2, 0.25) is 0 Å². The van der Waals surface area contributed by atoms with Crippen LogP contribution in [0.25, 0.3) is 0 Å². The Bertz CT molecular complexity index is 789. The zero-order chi connectivity index (χ0) is 18.1. The number of rotatable bonds is 9. The van der Waals surface area contributed by atoms with E-state index < -0.39 is 10.0 Å². The smallest absolute Gasteiger partial charge is 0.261 e. The summed E-state index contributed by atoms with van der Waals surface area (Å²) < 4.78 is 27.2. The van der Waals surface area contributed by atoms with E-state index in [9.17, 15) is 13.2 Å². The number of hydrogen-bond acceptors (Lipinski definition) is 3. The van der Waals surface area contributed by atoms with E-state index in [4.69, 9.17) is 0 Å². The summed E-state index contributed by atoms with van der Waals surface area (Å²) in [7, 11) is -3.66. The Morgan fingerprint density at radius 1 is 0.960 bits per heavy atom. The van der Waals surface area contributed by atoms with Gasteiger partial charge in [-0.3, -0.25) is 9.52 Å². The van der Waals surface area contributed by atoms with Crippen molar-refractivity contribution >= 4 is 21.6 Å². The maximum atomic E-state index is 12.3. The summed E-state index contributed by atoms with van der Waals surface area (Å²) in [5.41, 5.74) is 0.797. The topological polar surface area (TPSA) is 75.3 Å². The van der Waals surface area contributed by atoms with Crippen molar-refractivity contribution < 1.29 is 13.2 Å². The van der Waals surface area contributed by atoms with Crippen LogP contribution in [-0.4, -0.2) is 20.9 Å². The lowest BCUT2D eigenvalue weighted by atomic mass is 10.2. The molecule has 0 fully saturated rings. The molecule has 0 spiro atoms. The summed E-state index contributed by atoms with van der Waals surface area (Å²) in [5, 5.41) is 2.86. The van der Waals surface area contributed by atoms with Crippen LogP contribution in [0.15, 0.2) is 59.5 Å². The van der Waals surface area contributed by atoms with Crippen molar-refractivity contribution in [1.29, 1.82) is 0 Å². The third kappa shape index (κ3) is 5.90. The predicted octanol–water partition coefficient (Wildman–Crippen LogP) is 3.80. The molecule has 1 amide bonds. The molecule has 0 aliphatic carbocycles. The first-order valence-electron chi connectivity index (χ1n) is 8.49. The molecule has 0 unspecified atom stereocenters. The average molecular weight is 360 g/mol. The Hall–Kier alpha value is -2.34. The quantitative estimate of drug-likeness (QED) is 0.668. The third-order valence-electron chi connectivity index (χ3n) is 3.75. The standard InChI is InChI=1S/C19H24N2O3S/c1-2-3-4-8-14-20-19(22)16-10-9-11-17(15-16)21-25(23,24)18-12-6-5-7-13-18/h5-7,9-13,15,21H,2-4,8,14H2,1H3,(H,20,22). The van der Waals surface area contributed by atoms with E-state index in [1.165, 1.54) is 12.1 Å². The molecule has 0 aliphatic heterocycles. The molecule has 2 N–H and O–H groups in total. The second-order valence-corrected chi connectivity index (χ2v) is 7.50. The SMILES string of the molecule is CCCCCCNC(=O)c1cccc(NS(=O)(=O)c2ccccc2)c1. The van der Waals surface area contributed by atoms with Gasteiger partial charge in [-0.15, -0.1) is 0 Å². The molecule has 0 bridgehead atoms. The zero-order valence-electron chi connectivity index (χ0n) is 14.4. The van der Waals surface area contributed by atoms with Crippen LogP contribution in [0.4, 0.5) is 5.69 Å². The van der Waals surface area contributed by atoms with Gasteiger partial charge < -0.3 is 5.32 Å². The van der Waals surface area contributed by atoms with Gasteiger partial charge in [-0.1, -0.05) is 50.5 Å². The molecule has 5 nitrogen and oxygen atoms in total. The normalized spacial score (nSPS) is 11.1. The lowest BCUT2D eigenvalue weighted by molar-refractivity contribution is 0.0953. The first kappa shape index (κ1) is 19.0. The van der Waals surface area contributed by atoms with E-state index in [0.717, 1.165) is 25.7 Å². The molecule has 0 aromatic heterocycles. The van der Waals surface area contributed by atoms with Crippen LogP contribution in [0.3, 0.4) is 0 Å². The Morgan fingerprint density at radius 2 is 1.72 bits per heavy atom. The second kappa shape index (κ2) is 9.22. The van der Waals surface area contributed by atoms with Crippen LogP contribution in [0.5, 0.6) is 0 Å². The van der Waals surface area contributed by atoms with Gasteiger partial charge in [-0.25, -0.2) is 8.42 Å². The number of hydrogen-bond donors (Lipinski definition) is 2. The number of sulfonamides is 1. The van der Waals surface area contributed by atoms with Gasteiger partial charge in [0.1, 0.15) is 0 Å². The summed E-state index contributed by atoms with van der Waals surface area (Å²) in [4.78, 5) is 12.4. The van der Waals surface area contributed by atoms with Crippen molar-refractivity contribution in [3.63, 3.8) is 0 Å². The molecule has 0 saturated carbocycles. The van der Waals surface area contributed by atoms with Crippen LogP contribution in [0.2, 0.25) is 0 Å². The predicted molar refractivity (Wildman–Crippen MR) is 100 cm³/mol. The molecule has 134 valence electrons. The first-order chi connectivity index (χ1) is 12.0. The van der Waals surface area contributed by atoms with Gasteiger partial charge >= 0.3 is 0 Å². The monoisotopic (exact) mass is 360 g/mol. The van der Waals surface area contributed by atoms with Crippen LogP contribution in [0, 0.1) is 0 Å². The fourth-order valence-corrected chi connectivity index (χ4v) is 3.46. The molecule has 25 heavy (non-hydrogen) atoms. The lowest BCUT2D eigenvalue weighted by Crippen LogP contribution is -2.24. The molecule has 0 aliphatic rings. The van der Waals surface area contributed by atoms with Crippen LogP contribution in [0.1, 0.15) is 43.0 Å². The number of benzene rings is 2. The number of anilines is 1. The highest BCUT2D eigenvalue weighted by molar-refractivity contribution is 7.92. The molecule has 0 atom stereocenters. The van der Waals surface area contributed by atoms with Crippen molar-refractivity contribution in [2.24, 2.45) is 0 Å². The van der Waals surface area contributed by atoms with Crippen LogP contribution < -0.4 is 10.0 Å². The van der Waals surface area contributed by atoms with Gasteiger partial charge in [0.15, 0.2) is 0 Å². The average Bonchev–Trinajstić information content (AvgIpc) is 2.62.